The van der Waals surface area contributed by atoms with E-state index in [4.69, 9.17) is 9.47 Å². The van der Waals surface area contributed by atoms with Crippen LogP contribution >= 0.6 is 27.7 Å². The van der Waals surface area contributed by atoms with Crippen LogP contribution in [0.2, 0.25) is 0 Å². The lowest BCUT2D eigenvalue weighted by atomic mass is 10.1. The summed E-state index contributed by atoms with van der Waals surface area (Å²) < 4.78 is 25.4. The first-order chi connectivity index (χ1) is 12.6. The van der Waals surface area contributed by atoms with Crippen LogP contribution in [0.25, 0.3) is 0 Å². The summed E-state index contributed by atoms with van der Waals surface area (Å²) in [6.07, 6.45) is 0.956. The number of amides is 1. The van der Waals surface area contributed by atoms with Gasteiger partial charge in [-0.15, -0.1) is 11.8 Å². The standard InChI is InChI=1S/C19H19BrFNO3S/c20-15-1-3-17(4-2-15)26-8-6-18(23)22-7-5-13-9-16(21)10-14-11-24-12-25-19(13)14/h1-4,9-10H,5-8,11-12H2,(H,22,23). The van der Waals surface area contributed by atoms with Gasteiger partial charge in [-0.2, -0.15) is 0 Å². The maximum atomic E-state index is 13.7. The summed E-state index contributed by atoms with van der Waals surface area (Å²) in [6, 6.07) is 10.9. The average Bonchev–Trinajstić information content (AvgIpc) is 2.63. The number of carbonyl (C=O) groups is 1. The van der Waals surface area contributed by atoms with Crippen molar-refractivity contribution in [1.82, 2.24) is 5.32 Å². The van der Waals surface area contributed by atoms with E-state index in [1.54, 1.807) is 11.8 Å². The summed E-state index contributed by atoms with van der Waals surface area (Å²) in [5, 5.41) is 2.88. The number of carbonyl (C=O) groups excluding carboxylic acids is 1. The van der Waals surface area contributed by atoms with Crippen molar-refractivity contribution in [3.8, 4) is 5.75 Å². The molecule has 0 spiro atoms. The quantitative estimate of drug-likeness (QED) is 0.653. The molecule has 4 nitrogen and oxygen atoms in total. The van der Waals surface area contributed by atoms with E-state index in [0.29, 0.717) is 43.1 Å². The number of thioether (sulfide) groups is 1. The van der Waals surface area contributed by atoms with Crippen molar-refractivity contribution in [2.75, 3.05) is 19.1 Å². The first-order valence-electron chi connectivity index (χ1n) is 8.29. The normalized spacial score (nSPS) is 13.0. The Morgan fingerprint density at radius 1 is 1.27 bits per heavy atom. The van der Waals surface area contributed by atoms with Crippen LogP contribution < -0.4 is 10.1 Å². The molecule has 0 aromatic heterocycles. The van der Waals surface area contributed by atoms with E-state index in [-0.39, 0.29) is 18.5 Å². The topological polar surface area (TPSA) is 47.6 Å². The minimum atomic E-state index is -0.315. The molecule has 2 aromatic carbocycles. The molecule has 0 unspecified atom stereocenters. The Bertz CT molecular complexity index is 770. The Labute approximate surface area is 164 Å². The van der Waals surface area contributed by atoms with Crippen molar-refractivity contribution in [2.24, 2.45) is 0 Å². The first kappa shape index (κ1) is 19.2. The summed E-state index contributed by atoms with van der Waals surface area (Å²) in [7, 11) is 0. The van der Waals surface area contributed by atoms with Crippen LogP contribution in [-0.2, 0) is 22.6 Å². The number of nitrogens with one attached hydrogen (secondary N) is 1. The van der Waals surface area contributed by atoms with Gasteiger partial charge >= 0.3 is 0 Å². The van der Waals surface area contributed by atoms with Gasteiger partial charge in [0.15, 0.2) is 6.79 Å². The highest BCUT2D eigenvalue weighted by Crippen LogP contribution is 2.29. The molecular formula is C19H19BrFNO3S. The molecule has 2 aromatic rings. The third kappa shape index (κ3) is 5.46. The molecule has 1 heterocycles. The lowest BCUT2D eigenvalue weighted by molar-refractivity contribution is -0.120. The van der Waals surface area contributed by atoms with Gasteiger partial charge in [0.25, 0.3) is 0 Å². The largest absolute Gasteiger partial charge is 0.467 e. The van der Waals surface area contributed by atoms with Crippen molar-refractivity contribution >= 4 is 33.6 Å². The minimum absolute atomic E-state index is 0.0101. The summed E-state index contributed by atoms with van der Waals surface area (Å²) >= 11 is 5.04. The summed E-state index contributed by atoms with van der Waals surface area (Å²) in [4.78, 5) is 13.1. The summed E-state index contributed by atoms with van der Waals surface area (Å²) in [5.74, 6) is 1.07. The van der Waals surface area contributed by atoms with Crippen LogP contribution in [0.4, 0.5) is 4.39 Å². The third-order valence-corrected chi connectivity index (χ3v) is 5.42. The Hall–Kier alpha value is -1.57. The zero-order valence-electron chi connectivity index (χ0n) is 14.1. The van der Waals surface area contributed by atoms with Crippen LogP contribution in [0.15, 0.2) is 45.8 Å². The molecule has 3 rings (SSSR count). The predicted molar refractivity (Wildman–Crippen MR) is 103 cm³/mol. The molecule has 7 heteroatoms. The van der Waals surface area contributed by atoms with Gasteiger partial charge in [0.05, 0.1) is 6.61 Å². The second-order valence-electron chi connectivity index (χ2n) is 5.82. The highest BCUT2D eigenvalue weighted by molar-refractivity contribution is 9.10. The Morgan fingerprint density at radius 3 is 2.88 bits per heavy atom. The van der Waals surface area contributed by atoms with Crippen LogP contribution in [-0.4, -0.2) is 25.0 Å². The lowest BCUT2D eigenvalue weighted by Crippen LogP contribution is -2.26. The zero-order valence-corrected chi connectivity index (χ0v) is 16.5. The molecule has 0 aliphatic carbocycles. The molecule has 26 heavy (non-hydrogen) atoms. The Morgan fingerprint density at radius 2 is 2.08 bits per heavy atom. The van der Waals surface area contributed by atoms with Gasteiger partial charge in [0.1, 0.15) is 11.6 Å². The van der Waals surface area contributed by atoms with E-state index in [1.807, 2.05) is 24.3 Å². The molecule has 1 N–H and O–H groups in total. The van der Waals surface area contributed by atoms with Crippen LogP contribution in [0.1, 0.15) is 17.5 Å². The number of hydrogen-bond donors (Lipinski definition) is 1. The number of rotatable bonds is 7. The molecule has 1 amide bonds. The maximum Gasteiger partial charge on any atom is 0.220 e. The van der Waals surface area contributed by atoms with Crippen molar-refractivity contribution in [1.29, 1.82) is 0 Å². The molecule has 138 valence electrons. The highest BCUT2D eigenvalue weighted by Gasteiger charge is 2.16. The monoisotopic (exact) mass is 439 g/mol. The smallest absolute Gasteiger partial charge is 0.220 e. The van der Waals surface area contributed by atoms with Crippen molar-refractivity contribution in [2.45, 2.75) is 24.3 Å². The number of ether oxygens (including phenoxy) is 2. The van der Waals surface area contributed by atoms with Crippen LogP contribution in [0, 0.1) is 5.82 Å². The highest BCUT2D eigenvalue weighted by atomic mass is 79.9. The van der Waals surface area contributed by atoms with Crippen molar-refractivity contribution in [3.63, 3.8) is 0 Å². The van der Waals surface area contributed by atoms with Crippen LogP contribution in [0.5, 0.6) is 5.75 Å². The molecule has 0 saturated carbocycles. The molecule has 0 atom stereocenters. The zero-order chi connectivity index (χ0) is 18.4. The molecule has 0 bridgehead atoms. The fourth-order valence-corrected chi connectivity index (χ4v) is 3.78. The molecule has 1 aliphatic heterocycles. The van der Waals surface area contributed by atoms with Gasteiger partial charge in [-0.1, -0.05) is 15.9 Å². The SMILES string of the molecule is O=C(CCSc1ccc(Br)cc1)NCCc1cc(F)cc2c1OCOC2. The molecular weight excluding hydrogens is 421 g/mol. The second kappa shape index (κ2) is 9.39. The van der Waals surface area contributed by atoms with E-state index < -0.39 is 0 Å². The van der Waals surface area contributed by atoms with Gasteiger partial charge in [-0.3, -0.25) is 4.79 Å². The molecule has 0 radical (unpaired) electrons. The third-order valence-electron chi connectivity index (χ3n) is 3.88. The molecule has 0 fully saturated rings. The molecule has 1 aliphatic rings. The summed E-state index contributed by atoms with van der Waals surface area (Å²) in [6.45, 7) is 0.965. The van der Waals surface area contributed by atoms with Crippen molar-refractivity contribution in [3.05, 3.63) is 57.8 Å². The minimum Gasteiger partial charge on any atom is -0.467 e. The van der Waals surface area contributed by atoms with Gasteiger partial charge in [-0.05, 0) is 48.4 Å². The average molecular weight is 440 g/mol. The van der Waals surface area contributed by atoms with E-state index in [2.05, 4.69) is 21.2 Å². The fraction of sp³-hybridized carbons (Fsp3) is 0.316. The maximum absolute atomic E-state index is 13.7. The van der Waals surface area contributed by atoms with E-state index in [1.165, 1.54) is 12.1 Å². The van der Waals surface area contributed by atoms with Gasteiger partial charge in [-0.25, -0.2) is 4.39 Å². The van der Waals surface area contributed by atoms with Crippen LogP contribution in [0.3, 0.4) is 0 Å². The van der Waals surface area contributed by atoms with E-state index in [9.17, 15) is 9.18 Å². The van der Waals surface area contributed by atoms with Gasteiger partial charge in [0, 0.05) is 33.7 Å². The summed E-state index contributed by atoms with van der Waals surface area (Å²) in [5.41, 5.74) is 1.47. The van der Waals surface area contributed by atoms with Crippen molar-refractivity contribution < 1.29 is 18.7 Å². The first-order valence-corrected chi connectivity index (χ1v) is 10.1. The van der Waals surface area contributed by atoms with Gasteiger partial charge < -0.3 is 14.8 Å². The number of fused-ring (bicyclic) bond motifs is 1. The van der Waals surface area contributed by atoms with E-state index in [0.717, 1.165) is 14.9 Å². The predicted octanol–water partition coefficient (Wildman–Crippen LogP) is 4.30. The number of hydrogen-bond acceptors (Lipinski definition) is 4. The van der Waals surface area contributed by atoms with Gasteiger partial charge in [0.2, 0.25) is 5.91 Å². The molecule has 0 saturated heterocycles. The Kier molecular flexibility index (Phi) is 6.93. The Balaban J connectivity index is 1.42. The lowest BCUT2D eigenvalue weighted by Gasteiger charge is -2.21. The number of benzene rings is 2. The second-order valence-corrected chi connectivity index (χ2v) is 7.90. The fourth-order valence-electron chi connectivity index (χ4n) is 2.66. The number of halogens is 2. The van der Waals surface area contributed by atoms with E-state index >= 15 is 0 Å².